The van der Waals surface area contributed by atoms with Gasteiger partial charge in [0.15, 0.2) is 0 Å². The number of rotatable bonds is 3. The highest BCUT2D eigenvalue weighted by atomic mass is 16.5. The van der Waals surface area contributed by atoms with Crippen molar-refractivity contribution in [3.05, 3.63) is 18.2 Å². The summed E-state index contributed by atoms with van der Waals surface area (Å²) in [6.07, 6.45) is 3.94. The van der Waals surface area contributed by atoms with Crippen molar-refractivity contribution in [3.8, 4) is 0 Å². The Labute approximate surface area is 90.9 Å². The number of nitrogens with zero attached hydrogens (tertiary/aromatic N) is 3. The van der Waals surface area contributed by atoms with Crippen molar-refractivity contribution in [2.45, 2.75) is 26.4 Å². The van der Waals surface area contributed by atoms with Gasteiger partial charge in [0.2, 0.25) is 0 Å². The maximum absolute atomic E-state index is 5.33. The summed E-state index contributed by atoms with van der Waals surface area (Å²) in [6.45, 7) is 9.05. The van der Waals surface area contributed by atoms with Crippen LogP contribution in [0.4, 0.5) is 0 Å². The minimum atomic E-state index is 0.489. The van der Waals surface area contributed by atoms with Gasteiger partial charge in [-0.2, -0.15) is 0 Å². The first-order valence-electron chi connectivity index (χ1n) is 5.59. The molecule has 1 saturated heterocycles. The summed E-state index contributed by atoms with van der Waals surface area (Å²) < 4.78 is 7.56. The van der Waals surface area contributed by atoms with E-state index in [1.807, 2.05) is 6.20 Å². The molecule has 4 heteroatoms. The summed E-state index contributed by atoms with van der Waals surface area (Å²) in [5.41, 5.74) is 0. The van der Waals surface area contributed by atoms with Crippen LogP contribution in [0.1, 0.15) is 25.7 Å². The van der Waals surface area contributed by atoms with Crippen molar-refractivity contribution in [2.24, 2.45) is 0 Å². The molecule has 4 nitrogen and oxygen atoms in total. The van der Waals surface area contributed by atoms with Crippen LogP contribution in [0.25, 0.3) is 0 Å². The molecule has 15 heavy (non-hydrogen) atoms. The van der Waals surface area contributed by atoms with Crippen molar-refractivity contribution in [3.63, 3.8) is 0 Å². The molecule has 1 fully saturated rings. The molecule has 0 spiro atoms. The predicted octanol–water partition coefficient (Wildman–Crippen LogP) is 1.30. The third-order valence-electron chi connectivity index (χ3n) is 2.77. The minimum absolute atomic E-state index is 0.489. The van der Waals surface area contributed by atoms with Crippen LogP contribution in [0.2, 0.25) is 0 Å². The van der Waals surface area contributed by atoms with Gasteiger partial charge in [0.1, 0.15) is 5.82 Å². The lowest BCUT2D eigenvalue weighted by molar-refractivity contribution is 0.0325. The zero-order chi connectivity index (χ0) is 10.7. The van der Waals surface area contributed by atoms with Crippen molar-refractivity contribution in [1.82, 2.24) is 14.5 Å². The van der Waals surface area contributed by atoms with Gasteiger partial charge in [-0.3, -0.25) is 4.90 Å². The lowest BCUT2D eigenvalue weighted by Gasteiger charge is -2.26. The van der Waals surface area contributed by atoms with Gasteiger partial charge < -0.3 is 9.30 Å². The molecule has 2 heterocycles. The lowest BCUT2D eigenvalue weighted by atomic mass is 10.3. The minimum Gasteiger partial charge on any atom is -0.379 e. The van der Waals surface area contributed by atoms with E-state index < -0.39 is 0 Å². The molecule has 1 aromatic rings. The molecule has 1 aromatic heterocycles. The van der Waals surface area contributed by atoms with Gasteiger partial charge in [0.25, 0.3) is 0 Å². The molecule has 0 unspecified atom stereocenters. The van der Waals surface area contributed by atoms with E-state index in [0.717, 1.165) is 38.7 Å². The topological polar surface area (TPSA) is 30.3 Å². The highest BCUT2D eigenvalue weighted by Gasteiger charge is 2.14. The average Bonchev–Trinajstić information content (AvgIpc) is 2.67. The summed E-state index contributed by atoms with van der Waals surface area (Å²) in [7, 11) is 0. The van der Waals surface area contributed by atoms with Gasteiger partial charge in [-0.05, 0) is 13.8 Å². The molecule has 0 saturated carbocycles. The van der Waals surface area contributed by atoms with Gasteiger partial charge in [0, 0.05) is 31.5 Å². The number of hydrogen-bond acceptors (Lipinski definition) is 3. The smallest absolute Gasteiger partial charge is 0.123 e. The lowest BCUT2D eigenvalue weighted by Crippen LogP contribution is -2.36. The normalized spacial score (nSPS) is 18.6. The number of hydrogen-bond donors (Lipinski definition) is 0. The van der Waals surface area contributed by atoms with Crippen molar-refractivity contribution in [1.29, 1.82) is 0 Å². The molecular formula is C11H19N3O. The second-order valence-corrected chi connectivity index (χ2v) is 4.23. The Kier molecular flexibility index (Phi) is 3.38. The highest BCUT2D eigenvalue weighted by molar-refractivity contribution is 4.94. The third kappa shape index (κ3) is 2.58. The van der Waals surface area contributed by atoms with E-state index in [9.17, 15) is 0 Å². The van der Waals surface area contributed by atoms with Crippen molar-refractivity contribution < 1.29 is 4.74 Å². The fraction of sp³-hybridized carbons (Fsp3) is 0.727. The fourth-order valence-electron chi connectivity index (χ4n) is 1.90. The zero-order valence-corrected chi connectivity index (χ0v) is 9.52. The summed E-state index contributed by atoms with van der Waals surface area (Å²) in [5.74, 6) is 1.16. The van der Waals surface area contributed by atoms with Gasteiger partial charge in [-0.15, -0.1) is 0 Å². The monoisotopic (exact) mass is 209 g/mol. The number of ether oxygens (including phenoxy) is 1. The van der Waals surface area contributed by atoms with E-state index in [4.69, 9.17) is 4.74 Å². The van der Waals surface area contributed by atoms with E-state index >= 15 is 0 Å². The standard InChI is InChI=1S/C11H19N3O/c1-10(2)14-4-3-12-11(14)9-13-5-7-15-8-6-13/h3-4,10H,5-9H2,1-2H3. The highest BCUT2D eigenvalue weighted by Crippen LogP contribution is 2.11. The molecule has 2 rings (SSSR count). The number of aromatic nitrogens is 2. The van der Waals surface area contributed by atoms with E-state index in [-0.39, 0.29) is 0 Å². The molecule has 0 aromatic carbocycles. The molecule has 1 aliphatic rings. The molecular weight excluding hydrogens is 190 g/mol. The quantitative estimate of drug-likeness (QED) is 0.751. The number of morpholine rings is 1. The molecule has 0 amide bonds. The van der Waals surface area contributed by atoms with Gasteiger partial charge in [-0.25, -0.2) is 4.98 Å². The maximum Gasteiger partial charge on any atom is 0.123 e. The maximum atomic E-state index is 5.33. The average molecular weight is 209 g/mol. The Hall–Kier alpha value is -0.870. The summed E-state index contributed by atoms with van der Waals surface area (Å²) in [6, 6.07) is 0.489. The van der Waals surface area contributed by atoms with Gasteiger partial charge >= 0.3 is 0 Å². The molecule has 0 atom stereocenters. The van der Waals surface area contributed by atoms with Crippen molar-refractivity contribution >= 4 is 0 Å². The van der Waals surface area contributed by atoms with Crippen LogP contribution in [0, 0.1) is 0 Å². The Morgan fingerprint density at radius 2 is 2.13 bits per heavy atom. The van der Waals surface area contributed by atoms with Crippen LogP contribution >= 0.6 is 0 Å². The molecule has 84 valence electrons. The second kappa shape index (κ2) is 4.77. The molecule has 0 bridgehead atoms. The fourth-order valence-corrected chi connectivity index (χ4v) is 1.90. The molecule has 1 aliphatic heterocycles. The zero-order valence-electron chi connectivity index (χ0n) is 9.52. The summed E-state index contributed by atoms with van der Waals surface area (Å²) in [4.78, 5) is 6.81. The first-order valence-corrected chi connectivity index (χ1v) is 5.59. The third-order valence-corrected chi connectivity index (χ3v) is 2.77. The van der Waals surface area contributed by atoms with Crippen LogP contribution < -0.4 is 0 Å². The first-order chi connectivity index (χ1) is 7.27. The Morgan fingerprint density at radius 3 is 2.80 bits per heavy atom. The van der Waals surface area contributed by atoms with Crippen LogP contribution in [0.3, 0.4) is 0 Å². The van der Waals surface area contributed by atoms with Gasteiger partial charge in [0.05, 0.1) is 19.8 Å². The SMILES string of the molecule is CC(C)n1ccnc1CN1CCOCC1. The van der Waals surface area contributed by atoms with E-state index in [1.54, 1.807) is 0 Å². The molecule has 0 N–H and O–H groups in total. The summed E-state index contributed by atoms with van der Waals surface area (Å²) in [5, 5.41) is 0. The largest absolute Gasteiger partial charge is 0.379 e. The van der Waals surface area contributed by atoms with E-state index in [0.29, 0.717) is 6.04 Å². The van der Waals surface area contributed by atoms with Crippen LogP contribution in [0.15, 0.2) is 12.4 Å². The summed E-state index contributed by atoms with van der Waals surface area (Å²) >= 11 is 0. The van der Waals surface area contributed by atoms with E-state index in [1.165, 1.54) is 0 Å². The second-order valence-electron chi connectivity index (χ2n) is 4.23. The predicted molar refractivity (Wildman–Crippen MR) is 58.7 cm³/mol. The number of imidazole rings is 1. The van der Waals surface area contributed by atoms with Crippen LogP contribution in [-0.2, 0) is 11.3 Å². The first kappa shape index (κ1) is 10.6. The van der Waals surface area contributed by atoms with Gasteiger partial charge in [-0.1, -0.05) is 0 Å². The Balaban J connectivity index is 1.99. The molecule has 0 aliphatic carbocycles. The van der Waals surface area contributed by atoms with Crippen molar-refractivity contribution in [2.75, 3.05) is 26.3 Å². The Bertz CT molecular complexity index is 303. The van der Waals surface area contributed by atoms with Crippen LogP contribution in [-0.4, -0.2) is 40.8 Å². The molecule has 0 radical (unpaired) electrons. The Morgan fingerprint density at radius 1 is 1.40 bits per heavy atom. The van der Waals surface area contributed by atoms with Crippen LogP contribution in [0.5, 0.6) is 0 Å². The van der Waals surface area contributed by atoms with E-state index in [2.05, 4.69) is 34.5 Å².